The molecule has 0 radical (unpaired) electrons. The van der Waals surface area contributed by atoms with Crippen LogP contribution < -0.4 is 0 Å². The second-order valence-electron chi connectivity index (χ2n) is 3.91. The Kier molecular flexibility index (Phi) is 3.99. The molecule has 0 saturated heterocycles. The van der Waals surface area contributed by atoms with Crippen molar-refractivity contribution in [3.8, 4) is 5.75 Å². The molecule has 0 unspecified atom stereocenters. The minimum atomic E-state index is 0.364. The van der Waals surface area contributed by atoms with E-state index in [9.17, 15) is 5.11 Å². The van der Waals surface area contributed by atoms with E-state index in [1.54, 1.807) is 0 Å². The fourth-order valence-electron chi connectivity index (χ4n) is 1.58. The molecule has 1 rings (SSSR count). The monoisotopic (exact) mass is 256 g/mol. The van der Waals surface area contributed by atoms with Gasteiger partial charge in [-0.05, 0) is 35.6 Å². The topological polar surface area (TPSA) is 20.2 Å². The Morgan fingerprint density at radius 2 is 2.00 bits per heavy atom. The highest BCUT2D eigenvalue weighted by Crippen LogP contribution is 2.33. The Hall–Kier alpha value is -0.500. The summed E-state index contributed by atoms with van der Waals surface area (Å²) in [5, 5.41) is 9.99. The van der Waals surface area contributed by atoms with Gasteiger partial charge in [-0.15, -0.1) is 0 Å². The molecule has 1 aromatic carbocycles. The van der Waals surface area contributed by atoms with E-state index in [1.165, 1.54) is 0 Å². The summed E-state index contributed by atoms with van der Waals surface area (Å²) in [4.78, 5) is 0. The number of phenols is 1. The molecule has 0 saturated carbocycles. The van der Waals surface area contributed by atoms with Crippen molar-refractivity contribution in [1.82, 2.24) is 0 Å². The Balaban J connectivity index is 3.18. The number of aromatic hydroxyl groups is 1. The molecule has 0 bridgehead atoms. The number of rotatable bonds is 3. The van der Waals surface area contributed by atoms with Gasteiger partial charge in [0.2, 0.25) is 0 Å². The zero-order chi connectivity index (χ0) is 10.7. The maximum atomic E-state index is 9.99. The van der Waals surface area contributed by atoms with E-state index in [1.807, 2.05) is 12.1 Å². The van der Waals surface area contributed by atoms with Crippen molar-refractivity contribution in [3.05, 3.63) is 27.7 Å². The summed E-state index contributed by atoms with van der Waals surface area (Å²) in [6.07, 6.45) is 1.99. The highest BCUT2D eigenvalue weighted by atomic mass is 79.9. The summed E-state index contributed by atoms with van der Waals surface area (Å²) in [7, 11) is 0. The Morgan fingerprint density at radius 3 is 2.50 bits per heavy atom. The first-order valence-electron chi connectivity index (χ1n) is 5.07. The minimum absolute atomic E-state index is 0.364. The highest BCUT2D eigenvalue weighted by molar-refractivity contribution is 9.10. The number of aryl methyl sites for hydroxylation is 1. The predicted octanol–water partition coefficient (Wildman–Crippen LogP) is 4.23. The molecule has 0 aliphatic carbocycles. The van der Waals surface area contributed by atoms with Crippen molar-refractivity contribution in [2.75, 3.05) is 0 Å². The number of hydrogen-bond acceptors (Lipinski definition) is 1. The lowest BCUT2D eigenvalue weighted by Gasteiger charge is -2.13. The van der Waals surface area contributed by atoms with E-state index in [0.29, 0.717) is 11.7 Å². The van der Waals surface area contributed by atoms with Gasteiger partial charge < -0.3 is 5.11 Å². The number of phenolic OH excluding ortho intramolecular Hbond substituents is 1. The lowest BCUT2D eigenvalue weighted by Crippen LogP contribution is -1.93. The van der Waals surface area contributed by atoms with Crippen LogP contribution in [0.15, 0.2) is 16.6 Å². The van der Waals surface area contributed by atoms with Gasteiger partial charge in [0.25, 0.3) is 0 Å². The molecule has 2 heteroatoms. The lowest BCUT2D eigenvalue weighted by molar-refractivity contribution is 0.457. The molecule has 1 nitrogen and oxygen atoms in total. The van der Waals surface area contributed by atoms with Crippen LogP contribution in [0.5, 0.6) is 5.75 Å². The van der Waals surface area contributed by atoms with E-state index in [-0.39, 0.29) is 0 Å². The van der Waals surface area contributed by atoms with Crippen molar-refractivity contribution in [2.24, 2.45) is 0 Å². The van der Waals surface area contributed by atoms with Crippen LogP contribution in [-0.4, -0.2) is 5.11 Å². The van der Waals surface area contributed by atoms with Gasteiger partial charge in [0, 0.05) is 4.47 Å². The molecule has 14 heavy (non-hydrogen) atoms. The van der Waals surface area contributed by atoms with E-state index >= 15 is 0 Å². The molecule has 0 heterocycles. The average Bonchev–Trinajstić information content (AvgIpc) is 2.10. The van der Waals surface area contributed by atoms with Crippen LogP contribution in [0, 0.1) is 0 Å². The van der Waals surface area contributed by atoms with Gasteiger partial charge >= 0.3 is 0 Å². The Bertz CT molecular complexity index is 318. The summed E-state index contributed by atoms with van der Waals surface area (Å²) in [6.45, 7) is 6.31. The number of halogens is 1. The lowest BCUT2D eigenvalue weighted by atomic mass is 9.97. The molecule has 0 aliphatic heterocycles. The largest absolute Gasteiger partial charge is 0.507 e. The SMILES string of the molecule is CCCc1cc(Br)cc(C(C)C)c1O. The van der Waals surface area contributed by atoms with Crippen molar-refractivity contribution in [1.29, 1.82) is 0 Å². The van der Waals surface area contributed by atoms with Gasteiger partial charge in [0.1, 0.15) is 5.75 Å². The third-order valence-electron chi connectivity index (χ3n) is 2.32. The van der Waals surface area contributed by atoms with Crippen molar-refractivity contribution < 1.29 is 5.11 Å². The normalized spacial score (nSPS) is 10.9. The molecule has 0 aromatic heterocycles. The zero-order valence-electron chi connectivity index (χ0n) is 8.97. The van der Waals surface area contributed by atoms with E-state index in [4.69, 9.17) is 0 Å². The van der Waals surface area contributed by atoms with Crippen LogP contribution in [0.1, 0.15) is 44.2 Å². The summed E-state index contributed by atoms with van der Waals surface area (Å²) < 4.78 is 1.06. The predicted molar refractivity (Wildman–Crippen MR) is 63.9 cm³/mol. The summed E-state index contributed by atoms with van der Waals surface area (Å²) in [5.41, 5.74) is 2.08. The van der Waals surface area contributed by atoms with Gasteiger partial charge in [-0.3, -0.25) is 0 Å². The third kappa shape index (κ3) is 2.50. The minimum Gasteiger partial charge on any atom is -0.507 e. The standard InChI is InChI=1S/C12H17BrO/c1-4-5-9-6-10(13)7-11(8(2)3)12(9)14/h6-8,14H,4-5H2,1-3H3. The maximum Gasteiger partial charge on any atom is 0.122 e. The fraction of sp³-hybridized carbons (Fsp3) is 0.500. The molecule has 0 spiro atoms. The van der Waals surface area contributed by atoms with Crippen LogP contribution >= 0.6 is 15.9 Å². The van der Waals surface area contributed by atoms with E-state index in [2.05, 4.69) is 36.7 Å². The smallest absolute Gasteiger partial charge is 0.122 e. The first-order valence-corrected chi connectivity index (χ1v) is 5.86. The summed E-state index contributed by atoms with van der Waals surface area (Å²) >= 11 is 3.47. The number of benzene rings is 1. The molecule has 0 fully saturated rings. The third-order valence-corrected chi connectivity index (χ3v) is 2.78. The van der Waals surface area contributed by atoms with Gasteiger partial charge in [0.05, 0.1) is 0 Å². The number of hydrogen-bond donors (Lipinski definition) is 1. The summed E-state index contributed by atoms with van der Waals surface area (Å²) in [6, 6.07) is 4.00. The van der Waals surface area contributed by atoms with Crippen LogP contribution in [0.25, 0.3) is 0 Å². The molecule has 1 N–H and O–H groups in total. The maximum absolute atomic E-state index is 9.99. The fourth-order valence-corrected chi connectivity index (χ4v) is 2.10. The first kappa shape index (κ1) is 11.6. The molecule has 0 aliphatic rings. The quantitative estimate of drug-likeness (QED) is 0.859. The van der Waals surface area contributed by atoms with Crippen LogP contribution in [-0.2, 0) is 6.42 Å². The van der Waals surface area contributed by atoms with Gasteiger partial charge in [-0.25, -0.2) is 0 Å². The Labute approximate surface area is 94.3 Å². The van der Waals surface area contributed by atoms with Crippen molar-refractivity contribution in [2.45, 2.75) is 39.5 Å². The van der Waals surface area contributed by atoms with Crippen LogP contribution in [0.4, 0.5) is 0 Å². The molecule has 0 amide bonds. The second kappa shape index (κ2) is 4.83. The molecular weight excluding hydrogens is 240 g/mol. The second-order valence-corrected chi connectivity index (χ2v) is 4.82. The van der Waals surface area contributed by atoms with Gasteiger partial charge in [-0.1, -0.05) is 43.1 Å². The summed E-state index contributed by atoms with van der Waals surface area (Å²) in [5.74, 6) is 0.841. The van der Waals surface area contributed by atoms with Crippen LogP contribution in [0.2, 0.25) is 0 Å². The molecule has 78 valence electrons. The average molecular weight is 257 g/mol. The molecule has 0 atom stereocenters. The first-order chi connectivity index (χ1) is 6.56. The van der Waals surface area contributed by atoms with Crippen molar-refractivity contribution >= 4 is 15.9 Å². The van der Waals surface area contributed by atoms with Crippen molar-refractivity contribution in [3.63, 3.8) is 0 Å². The van der Waals surface area contributed by atoms with Crippen LogP contribution in [0.3, 0.4) is 0 Å². The van der Waals surface area contributed by atoms with E-state index in [0.717, 1.165) is 28.4 Å². The van der Waals surface area contributed by atoms with Gasteiger partial charge in [0.15, 0.2) is 0 Å². The Morgan fingerprint density at radius 1 is 1.36 bits per heavy atom. The van der Waals surface area contributed by atoms with E-state index < -0.39 is 0 Å². The zero-order valence-corrected chi connectivity index (χ0v) is 10.6. The highest BCUT2D eigenvalue weighted by Gasteiger charge is 2.11. The van der Waals surface area contributed by atoms with Gasteiger partial charge in [-0.2, -0.15) is 0 Å². The molecular formula is C12H17BrO. The molecule has 1 aromatic rings.